The molecule has 1 aromatic heterocycles. The third-order valence-electron chi connectivity index (χ3n) is 2.03. The highest BCUT2D eigenvalue weighted by molar-refractivity contribution is 7.71. The van der Waals surface area contributed by atoms with E-state index in [2.05, 4.69) is 9.97 Å². The Hall–Kier alpha value is -1.42. The van der Waals surface area contributed by atoms with E-state index in [0.717, 1.165) is 17.0 Å². The highest BCUT2D eigenvalue weighted by Gasteiger charge is 2.04. The first kappa shape index (κ1) is 9.15. The SMILES string of the molecule is Cc1[nH]c(=S)[nH]c1-c1cccc(F)c1. The van der Waals surface area contributed by atoms with Crippen LogP contribution < -0.4 is 0 Å². The maximum Gasteiger partial charge on any atom is 0.175 e. The molecule has 0 fully saturated rings. The van der Waals surface area contributed by atoms with E-state index < -0.39 is 0 Å². The molecule has 0 bridgehead atoms. The number of aromatic nitrogens is 2. The van der Waals surface area contributed by atoms with Crippen molar-refractivity contribution in [3.8, 4) is 11.3 Å². The van der Waals surface area contributed by atoms with Crippen LogP contribution in [-0.4, -0.2) is 9.97 Å². The van der Waals surface area contributed by atoms with Gasteiger partial charge in [0.1, 0.15) is 5.82 Å². The zero-order chi connectivity index (χ0) is 10.1. The number of rotatable bonds is 1. The quantitative estimate of drug-likeness (QED) is 0.693. The lowest BCUT2D eigenvalue weighted by Gasteiger charge is -1.98. The maximum atomic E-state index is 12.9. The predicted octanol–water partition coefficient (Wildman–Crippen LogP) is 3.19. The van der Waals surface area contributed by atoms with E-state index in [1.165, 1.54) is 12.1 Å². The van der Waals surface area contributed by atoms with E-state index in [0.29, 0.717) is 4.77 Å². The predicted molar refractivity (Wildman–Crippen MR) is 56.1 cm³/mol. The number of H-pyrrole nitrogens is 2. The summed E-state index contributed by atoms with van der Waals surface area (Å²) in [5.74, 6) is -0.248. The van der Waals surface area contributed by atoms with E-state index in [9.17, 15) is 4.39 Å². The zero-order valence-corrected chi connectivity index (χ0v) is 8.41. The summed E-state index contributed by atoms with van der Waals surface area (Å²) in [5, 5.41) is 0. The lowest BCUT2D eigenvalue weighted by molar-refractivity contribution is 0.628. The lowest BCUT2D eigenvalue weighted by Crippen LogP contribution is -1.82. The Balaban J connectivity index is 2.59. The van der Waals surface area contributed by atoms with Gasteiger partial charge < -0.3 is 9.97 Å². The smallest absolute Gasteiger partial charge is 0.175 e. The van der Waals surface area contributed by atoms with Crippen molar-refractivity contribution in [2.75, 3.05) is 0 Å². The van der Waals surface area contributed by atoms with Gasteiger partial charge in [-0.25, -0.2) is 4.39 Å². The van der Waals surface area contributed by atoms with Gasteiger partial charge in [0.25, 0.3) is 0 Å². The van der Waals surface area contributed by atoms with Gasteiger partial charge in [-0.1, -0.05) is 12.1 Å². The fraction of sp³-hybridized carbons (Fsp3) is 0.100. The first-order valence-corrected chi connectivity index (χ1v) is 4.62. The molecule has 0 radical (unpaired) electrons. The fourth-order valence-electron chi connectivity index (χ4n) is 1.40. The molecule has 0 saturated carbocycles. The fourth-order valence-corrected chi connectivity index (χ4v) is 1.66. The first-order valence-electron chi connectivity index (χ1n) is 4.21. The van der Waals surface area contributed by atoms with Crippen molar-refractivity contribution in [1.29, 1.82) is 0 Å². The standard InChI is InChI=1S/C10H9FN2S/c1-6-9(13-10(14)12-6)7-3-2-4-8(11)5-7/h2-5H,1H3,(H2,12,13,14). The average molecular weight is 208 g/mol. The number of nitrogens with one attached hydrogen (secondary N) is 2. The van der Waals surface area contributed by atoms with Crippen LogP contribution in [0.1, 0.15) is 5.69 Å². The first-order chi connectivity index (χ1) is 6.66. The molecule has 1 heterocycles. The molecule has 0 spiro atoms. The molecule has 1 aromatic carbocycles. The van der Waals surface area contributed by atoms with Crippen LogP contribution in [0.15, 0.2) is 24.3 Å². The number of imidazole rings is 1. The van der Waals surface area contributed by atoms with Crippen LogP contribution >= 0.6 is 12.2 Å². The molecule has 2 nitrogen and oxygen atoms in total. The summed E-state index contributed by atoms with van der Waals surface area (Å²) in [4.78, 5) is 5.94. The van der Waals surface area contributed by atoms with Gasteiger partial charge in [-0.2, -0.15) is 0 Å². The molecular weight excluding hydrogens is 199 g/mol. The second-order valence-corrected chi connectivity index (χ2v) is 3.50. The Morgan fingerprint density at radius 2 is 2.07 bits per heavy atom. The van der Waals surface area contributed by atoms with Gasteiger partial charge in [-0.15, -0.1) is 0 Å². The van der Waals surface area contributed by atoms with Crippen LogP contribution in [0.25, 0.3) is 11.3 Å². The van der Waals surface area contributed by atoms with Crippen molar-refractivity contribution in [2.24, 2.45) is 0 Å². The van der Waals surface area contributed by atoms with E-state index in [1.54, 1.807) is 6.07 Å². The van der Waals surface area contributed by atoms with Crippen LogP contribution in [0.2, 0.25) is 0 Å². The van der Waals surface area contributed by atoms with Gasteiger partial charge in [-0.3, -0.25) is 0 Å². The van der Waals surface area contributed by atoms with Gasteiger partial charge in [-0.05, 0) is 31.3 Å². The number of benzene rings is 1. The van der Waals surface area contributed by atoms with Crippen molar-refractivity contribution >= 4 is 12.2 Å². The molecule has 72 valence electrons. The summed E-state index contributed by atoms with van der Waals surface area (Å²) in [6.07, 6.45) is 0. The van der Waals surface area contributed by atoms with Crippen LogP contribution in [0, 0.1) is 17.5 Å². The van der Waals surface area contributed by atoms with Gasteiger partial charge >= 0.3 is 0 Å². The van der Waals surface area contributed by atoms with Crippen LogP contribution in [0.4, 0.5) is 4.39 Å². The Labute approximate surface area is 85.8 Å². The highest BCUT2D eigenvalue weighted by atomic mass is 32.1. The summed E-state index contributed by atoms with van der Waals surface area (Å²) >= 11 is 4.95. The largest absolute Gasteiger partial charge is 0.334 e. The summed E-state index contributed by atoms with van der Waals surface area (Å²) in [7, 11) is 0. The molecule has 0 aliphatic heterocycles. The minimum atomic E-state index is -0.248. The molecule has 0 amide bonds. The van der Waals surface area contributed by atoms with Crippen molar-refractivity contribution < 1.29 is 4.39 Å². The third kappa shape index (κ3) is 1.61. The molecule has 0 unspecified atom stereocenters. The minimum absolute atomic E-state index is 0.248. The monoisotopic (exact) mass is 208 g/mol. The second-order valence-electron chi connectivity index (χ2n) is 3.09. The van der Waals surface area contributed by atoms with E-state index in [4.69, 9.17) is 12.2 Å². The van der Waals surface area contributed by atoms with E-state index >= 15 is 0 Å². The summed E-state index contributed by atoms with van der Waals surface area (Å²) in [5.41, 5.74) is 2.56. The van der Waals surface area contributed by atoms with Crippen LogP contribution in [0.5, 0.6) is 0 Å². The summed E-state index contributed by atoms with van der Waals surface area (Å²) < 4.78 is 13.5. The number of aryl methyl sites for hydroxylation is 1. The van der Waals surface area contributed by atoms with Gasteiger partial charge in [0.15, 0.2) is 4.77 Å². The molecule has 2 aromatic rings. The normalized spacial score (nSPS) is 10.4. The Morgan fingerprint density at radius 1 is 1.29 bits per heavy atom. The molecule has 2 N–H and O–H groups in total. The molecule has 14 heavy (non-hydrogen) atoms. The Morgan fingerprint density at radius 3 is 2.64 bits per heavy atom. The molecular formula is C10H9FN2S. The zero-order valence-electron chi connectivity index (χ0n) is 7.60. The van der Waals surface area contributed by atoms with Crippen molar-refractivity contribution in [3.05, 3.63) is 40.5 Å². The van der Waals surface area contributed by atoms with Gasteiger partial charge in [0, 0.05) is 11.3 Å². The topological polar surface area (TPSA) is 31.6 Å². The highest BCUT2D eigenvalue weighted by Crippen LogP contribution is 2.20. The third-order valence-corrected chi connectivity index (χ3v) is 2.23. The number of hydrogen-bond acceptors (Lipinski definition) is 1. The Bertz CT molecular complexity index is 513. The molecule has 4 heteroatoms. The Kier molecular flexibility index (Phi) is 2.21. The number of aromatic amines is 2. The van der Waals surface area contributed by atoms with Crippen molar-refractivity contribution in [1.82, 2.24) is 9.97 Å². The van der Waals surface area contributed by atoms with Gasteiger partial charge in [0.05, 0.1) is 5.69 Å². The average Bonchev–Trinajstić information content (AvgIpc) is 2.45. The number of hydrogen-bond donors (Lipinski definition) is 2. The molecule has 0 atom stereocenters. The molecule has 0 aliphatic carbocycles. The maximum absolute atomic E-state index is 12.9. The van der Waals surface area contributed by atoms with E-state index in [1.807, 2.05) is 13.0 Å². The molecule has 0 saturated heterocycles. The summed E-state index contributed by atoms with van der Waals surface area (Å²) in [6, 6.07) is 6.40. The minimum Gasteiger partial charge on any atom is -0.334 e. The van der Waals surface area contributed by atoms with E-state index in [-0.39, 0.29) is 5.82 Å². The van der Waals surface area contributed by atoms with Crippen LogP contribution in [-0.2, 0) is 0 Å². The lowest BCUT2D eigenvalue weighted by atomic mass is 10.1. The van der Waals surface area contributed by atoms with Gasteiger partial charge in [0.2, 0.25) is 0 Å². The second kappa shape index (κ2) is 3.38. The molecule has 0 aliphatic rings. The molecule has 2 rings (SSSR count). The van der Waals surface area contributed by atoms with Crippen LogP contribution in [0.3, 0.4) is 0 Å². The van der Waals surface area contributed by atoms with Crippen molar-refractivity contribution in [2.45, 2.75) is 6.92 Å². The number of halogens is 1. The summed E-state index contributed by atoms with van der Waals surface area (Å²) in [6.45, 7) is 1.90. The van der Waals surface area contributed by atoms with Crippen molar-refractivity contribution in [3.63, 3.8) is 0 Å².